The molecule has 2 aromatic rings. The summed E-state index contributed by atoms with van der Waals surface area (Å²) in [6, 6.07) is 8.40. The summed E-state index contributed by atoms with van der Waals surface area (Å²) in [7, 11) is 0. The zero-order valence-corrected chi connectivity index (χ0v) is 11.3. The predicted octanol–water partition coefficient (Wildman–Crippen LogP) is 4.24. The maximum Gasteiger partial charge on any atom is 0.416 e. The third-order valence-electron chi connectivity index (χ3n) is 2.66. The van der Waals surface area contributed by atoms with Crippen molar-refractivity contribution in [3.8, 4) is 6.07 Å². The fourth-order valence-corrected chi connectivity index (χ4v) is 1.94. The van der Waals surface area contributed by atoms with Gasteiger partial charge in [0.15, 0.2) is 0 Å². The van der Waals surface area contributed by atoms with E-state index in [1.54, 1.807) is 6.07 Å². The Hall–Kier alpha value is -2.26. The molecule has 0 aliphatic rings. The van der Waals surface area contributed by atoms with E-state index in [2.05, 4.69) is 10.3 Å². The summed E-state index contributed by atoms with van der Waals surface area (Å²) in [5.41, 5.74) is 0.481. The molecule has 0 bridgehead atoms. The van der Waals surface area contributed by atoms with Crippen LogP contribution in [-0.4, -0.2) is 4.98 Å². The van der Waals surface area contributed by atoms with E-state index in [9.17, 15) is 13.2 Å². The van der Waals surface area contributed by atoms with Gasteiger partial charge in [-0.05, 0) is 35.9 Å². The van der Waals surface area contributed by atoms with E-state index in [1.807, 2.05) is 6.07 Å². The summed E-state index contributed by atoms with van der Waals surface area (Å²) >= 11 is 5.70. The zero-order chi connectivity index (χ0) is 15.5. The molecule has 108 valence electrons. The quantitative estimate of drug-likeness (QED) is 0.922. The minimum Gasteiger partial charge on any atom is -0.380 e. The molecule has 0 aliphatic carbocycles. The van der Waals surface area contributed by atoms with Crippen molar-refractivity contribution < 1.29 is 13.2 Å². The number of hydrogen-bond acceptors (Lipinski definition) is 3. The van der Waals surface area contributed by atoms with Crippen LogP contribution in [-0.2, 0) is 12.7 Å². The number of alkyl halides is 3. The van der Waals surface area contributed by atoms with Gasteiger partial charge in [-0.2, -0.15) is 18.4 Å². The first-order chi connectivity index (χ1) is 9.88. The van der Waals surface area contributed by atoms with Crippen molar-refractivity contribution in [2.75, 3.05) is 5.32 Å². The van der Waals surface area contributed by atoms with Crippen molar-refractivity contribution in [1.82, 2.24) is 4.98 Å². The normalized spacial score (nSPS) is 11.0. The second-order valence-corrected chi connectivity index (χ2v) is 4.68. The molecule has 0 amide bonds. The molecule has 0 unspecified atom stereocenters. The van der Waals surface area contributed by atoms with Gasteiger partial charge < -0.3 is 5.32 Å². The van der Waals surface area contributed by atoms with Crippen LogP contribution < -0.4 is 5.32 Å². The molecule has 0 saturated heterocycles. The molecule has 1 heterocycles. The number of halogens is 4. The molecule has 1 aromatic carbocycles. The van der Waals surface area contributed by atoms with Crippen LogP contribution in [0, 0.1) is 11.3 Å². The molecule has 0 fully saturated rings. The Labute approximate surface area is 124 Å². The summed E-state index contributed by atoms with van der Waals surface area (Å²) in [6.45, 7) is 0.164. The smallest absolute Gasteiger partial charge is 0.380 e. The first kappa shape index (κ1) is 15.1. The topological polar surface area (TPSA) is 48.7 Å². The number of benzene rings is 1. The highest BCUT2D eigenvalue weighted by molar-refractivity contribution is 6.30. The average molecular weight is 312 g/mol. The third-order valence-corrected chi connectivity index (χ3v) is 2.88. The number of nitrogens with one attached hydrogen (secondary N) is 1. The molecular weight excluding hydrogens is 303 g/mol. The van der Waals surface area contributed by atoms with Crippen molar-refractivity contribution >= 4 is 17.3 Å². The monoisotopic (exact) mass is 311 g/mol. The highest BCUT2D eigenvalue weighted by Gasteiger charge is 2.31. The molecule has 0 spiro atoms. The van der Waals surface area contributed by atoms with E-state index in [1.165, 1.54) is 18.3 Å². The Kier molecular flexibility index (Phi) is 4.34. The molecule has 1 N–H and O–H groups in total. The van der Waals surface area contributed by atoms with Crippen molar-refractivity contribution in [1.29, 1.82) is 5.26 Å². The molecule has 3 nitrogen and oxygen atoms in total. The van der Waals surface area contributed by atoms with Crippen molar-refractivity contribution in [3.05, 3.63) is 58.4 Å². The Morgan fingerprint density at radius 1 is 1.24 bits per heavy atom. The van der Waals surface area contributed by atoms with Crippen LogP contribution in [0.2, 0.25) is 5.02 Å². The molecular formula is C14H9ClF3N3. The lowest BCUT2D eigenvalue weighted by atomic mass is 10.1. The molecule has 0 saturated carbocycles. The molecule has 21 heavy (non-hydrogen) atoms. The molecule has 0 aliphatic heterocycles. The first-order valence-electron chi connectivity index (χ1n) is 5.85. The van der Waals surface area contributed by atoms with Gasteiger partial charge in [-0.3, -0.25) is 0 Å². The molecule has 1 aromatic heterocycles. The Morgan fingerprint density at radius 3 is 2.57 bits per heavy atom. The van der Waals surface area contributed by atoms with Crippen LogP contribution in [0.5, 0.6) is 0 Å². The van der Waals surface area contributed by atoms with E-state index >= 15 is 0 Å². The van der Waals surface area contributed by atoms with Gasteiger partial charge in [0.05, 0.1) is 17.4 Å². The number of anilines is 1. The minimum absolute atomic E-state index is 0.0274. The van der Waals surface area contributed by atoms with Gasteiger partial charge in [0.25, 0.3) is 0 Å². The fraction of sp³-hybridized carbons (Fsp3) is 0.143. The SMILES string of the molecule is N#Cc1ccc(NCc2cc(Cl)cc(C(F)(F)F)c2)cn1. The van der Waals surface area contributed by atoms with Gasteiger partial charge in [0.1, 0.15) is 11.8 Å². The molecule has 0 radical (unpaired) electrons. The minimum atomic E-state index is -4.43. The lowest BCUT2D eigenvalue weighted by Gasteiger charge is -2.11. The summed E-state index contributed by atoms with van der Waals surface area (Å²) in [5.74, 6) is 0. The van der Waals surface area contributed by atoms with Gasteiger partial charge in [0, 0.05) is 11.6 Å². The van der Waals surface area contributed by atoms with E-state index in [-0.39, 0.29) is 17.3 Å². The Balaban J connectivity index is 2.12. The Morgan fingerprint density at radius 2 is 2.00 bits per heavy atom. The highest BCUT2D eigenvalue weighted by Crippen LogP contribution is 2.32. The number of nitrogens with zero attached hydrogens (tertiary/aromatic N) is 2. The van der Waals surface area contributed by atoms with Gasteiger partial charge in [0.2, 0.25) is 0 Å². The summed E-state index contributed by atoms with van der Waals surface area (Å²) < 4.78 is 38.0. The van der Waals surface area contributed by atoms with Gasteiger partial charge >= 0.3 is 6.18 Å². The summed E-state index contributed by atoms with van der Waals surface area (Å²) in [4.78, 5) is 3.85. The maximum absolute atomic E-state index is 12.7. The maximum atomic E-state index is 12.7. The molecule has 7 heteroatoms. The van der Waals surface area contributed by atoms with E-state index in [0.717, 1.165) is 12.1 Å². The van der Waals surface area contributed by atoms with Gasteiger partial charge in [-0.15, -0.1) is 0 Å². The zero-order valence-electron chi connectivity index (χ0n) is 10.6. The number of pyridine rings is 1. The number of aromatic nitrogens is 1. The lowest BCUT2D eigenvalue weighted by molar-refractivity contribution is -0.137. The summed E-state index contributed by atoms with van der Waals surface area (Å²) in [5, 5.41) is 11.6. The third kappa shape index (κ3) is 4.10. The Bertz CT molecular complexity index is 675. The van der Waals surface area contributed by atoms with Crippen molar-refractivity contribution in [2.24, 2.45) is 0 Å². The van der Waals surface area contributed by atoms with E-state index < -0.39 is 11.7 Å². The first-order valence-corrected chi connectivity index (χ1v) is 6.23. The standard InChI is InChI=1S/C14H9ClF3N3/c15-11-4-9(3-10(5-11)14(16,17)18)7-20-13-2-1-12(6-19)21-8-13/h1-5,8,20H,7H2. The number of hydrogen-bond donors (Lipinski definition) is 1. The van der Waals surface area contributed by atoms with Crippen molar-refractivity contribution in [3.63, 3.8) is 0 Å². The van der Waals surface area contributed by atoms with E-state index in [0.29, 0.717) is 11.3 Å². The molecule has 0 atom stereocenters. The van der Waals surface area contributed by atoms with Crippen LogP contribution in [0.3, 0.4) is 0 Å². The predicted molar refractivity (Wildman–Crippen MR) is 72.7 cm³/mol. The van der Waals surface area contributed by atoms with Crippen LogP contribution in [0.1, 0.15) is 16.8 Å². The van der Waals surface area contributed by atoms with Crippen LogP contribution in [0.4, 0.5) is 18.9 Å². The fourth-order valence-electron chi connectivity index (χ4n) is 1.68. The number of rotatable bonds is 3. The van der Waals surface area contributed by atoms with Crippen LogP contribution in [0.25, 0.3) is 0 Å². The highest BCUT2D eigenvalue weighted by atomic mass is 35.5. The van der Waals surface area contributed by atoms with Crippen LogP contribution >= 0.6 is 11.6 Å². The largest absolute Gasteiger partial charge is 0.416 e. The second-order valence-electron chi connectivity index (χ2n) is 4.24. The second kappa shape index (κ2) is 6.02. The lowest BCUT2D eigenvalue weighted by Crippen LogP contribution is -2.07. The van der Waals surface area contributed by atoms with Crippen LogP contribution in [0.15, 0.2) is 36.5 Å². The van der Waals surface area contributed by atoms with Gasteiger partial charge in [-0.1, -0.05) is 11.6 Å². The number of nitriles is 1. The average Bonchev–Trinajstić information content (AvgIpc) is 2.44. The van der Waals surface area contributed by atoms with Gasteiger partial charge in [-0.25, -0.2) is 4.98 Å². The van der Waals surface area contributed by atoms with Crippen molar-refractivity contribution in [2.45, 2.75) is 12.7 Å². The summed E-state index contributed by atoms with van der Waals surface area (Å²) in [6.07, 6.45) is -3.00. The molecule has 2 rings (SSSR count). The van der Waals surface area contributed by atoms with E-state index in [4.69, 9.17) is 16.9 Å².